The number of benzene rings is 1. The first-order valence-corrected chi connectivity index (χ1v) is 10.3. The lowest BCUT2D eigenvalue weighted by Crippen LogP contribution is -2.24. The van der Waals surface area contributed by atoms with Gasteiger partial charge in [0.25, 0.3) is 11.5 Å². The highest BCUT2D eigenvalue weighted by Crippen LogP contribution is 2.40. The van der Waals surface area contributed by atoms with Crippen LogP contribution < -0.4 is 16.6 Å². The fraction of sp³-hybridized carbons (Fsp3) is 0.118. The van der Waals surface area contributed by atoms with Gasteiger partial charge >= 0.3 is 0 Å². The molecule has 3 aromatic rings. The number of nitrogens with two attached hydrogens (primary N) is 1. The van der Waals surface area contributed by atoms with E-state index in [0.717, 1.165) is 34.7 Å². The van der Waals surface area contributed by atoms with Crippen LogP contribution in [0.1, 0.15) is 15.9 Å². The molecule has 0 aliphatic carbocycles. The minimum Gasteiger partial charge on any atom is -0.506 e. The van der Waals surface area contributed by atoms with Crippen molar-refractivity contribution < 1.29 is 14.7 Å². The molecule has 28 heavy (non-hydrogen) atoms. The Hall–Kier alpha value is -2.20. The zero-order valence-corrected chi connectivity index (χ0v) is 17.2. The van der Waals surface area contributed by atoms with Crippen molar-refractivity contribution in [2.45, 2.75) is 10.8 Å². The van der Waals surface area contributed by atoms with Crippen LogP contribution in [-0.4, -0.2) is 27.7 Å². The van der Waals surface area contributed by atoms with Crippen molar-refractivity contribution in [1.82, 2.24) is 10.3 Å². The molecule has 0 saturated carbocycles. The molecule has 2 amide bonds. The smallest absolute Gasteiger partial charge is 0.252 e. The number of carbonyl (C=O) groups excluding carboxylic acids is 2. The van der Waals surface area contributed by atoms with Crippen LogP contribution in [-0.2, 0) is 11.3 Å². The van der Waals surface area contributed by atoms with Crippen LogP contribution in [0, 0.1) is 0 Å². The number of hydrogen-bond acceptors (Lipinski definition) is 6. The number of aromatic amines is 1. The van der Waals surface area contributed by atoms with Gasteiger partial charge in [-0.25, -0.2) is 0 Å². The molecule has 146 valence electrons. The standard InChI is InChI=1S/C17H13Cl2N3O4S2/c18-8-2-1-7(3-9(8)19)5-21-12(25)6-27-17-13(16(20)26)14-15(28-17)10(23)4-11(24)22-14/h1-4H,5-6H2,(H2,20,26)(H,21,25)(H2,22,23,24). The maximum atomic E-state index is 12.1. The Morgan fingerprint density at radius 2 is 2.00 bits per heavy atom. The number of fused-ring (bicyclic) bond motifs is 1. The zero-order chi connectivity index (χ0) is 20.4. The third-order valence-electron chi connectivity index (χ3n) is 3.68. The van der Waals surface area contributed by atoms with Gasteiger partial charge in [-0.15, -0.1) is 23.1 Å². The Bertz CT molecular complexity index is 1140. The maximum Gasteiger partial charge on any atom is 0.252 e. The molecule has 0 atom stereocenters. The topological polar surface area (TPSA) is 125 Å². The highest BCUT2D eigenvalue weighted by atomic mass is 35.5. The quantitative estimate of drug-likeness (QED) is 0.423. The lowest BCUT2D eigenvalue weighted by atomic mass is 10.2. The van der Waals surface area contributed by atoms with Gasteiger partial charge in [-0.3, -0.25) is 14.4 Å². The number of rotatable bonds is 6. The molecule has 0 saturated heterocycles. The monoisotopic (exact) mass is 457 g/mol. The Morgan fingerprint density at radius 3 is 2.68 bits per heavy atom. The van der Waals surface area contributed by atoms with E-state index in [1.807, 2.05) is 0 Å². The third kappa shape index (κ3) is 4.44. The number of thiophene rings is 1. The molecule has 0 aliphatic rings. The molecule has 0 spiro atoms. The number of thioether (sulfide) groups is 1. The summed E-state index contributed by atoms with van der Waals surface area (Å²) in [6.07, 6.45) is 0. The Labute approximate surface area is 176 Å². The van der Waals surface area contributed by atoms with Crippen molar-refractivity contribution in [2.75, 3.05) is 5.75 Å². The van der Waals surface area contributed by atoms with Crippen LogP contribution >= 0.6 is 46.3 Å². The number of halogens is 2. The van der Waals surface area contributed by atoms with E-state index in [-0.39, 0.29) is 35.0 Å². The summed E-state index contributed by atoms with van der Waals surface area (Å²) >= 11 is 14.0. The predicted octanol–water partition coefficient (Wildman–Crippen LogP) is 3.11. The zero-order valence-electron chi connectivity index (χ0n) is 14.0. The Kier molecular flexibility index (Phi) is 6.19. The van der Waals surface area contributed by atoms with Crippen molar-refractivity contribution in [1.29, 1.82) is 0 Å². The molecule has 11 heteroatoms. The lowest BCUT2D eigenvalue weighted by molar-refractivity contribution is -0.118. The number of amides is 2. The van der Waals surface area contributed by atoms with Gasteiger partial charge in [-0.2, -0.15) is 0 Å². The molecule has 0 radical (unpaired) electrons. The van der Waals surface area contributed by atoms with Crippen LogP contribution in [0.25, 0.3) is 10.2 Å². The number of aromatic nitrogens is 1. The van der Waals surface area contributed by atoms with E-state index in [1.165, 1.54) is 0 Å². The van der Waals surface area contributed by atoms with Crippen LogP contribution in [0.2, 0.25) is 10.0 Å². The molecule has 2 heterocycles. The molecule has 1 aromatic carbocycles. The van der Waals surface area contributed by atoms with Gasteiger partial charge < -0.3 is 21.1 Å². The van der Waals surface area contributed by atoms with Crippen molar-refractivity contribution in [3.63, 3.8) is 0 Å². The molecule has 0 bridgehead atoms. The summed E-state index contributed by atoms with van der Waals surface area (Å²) in [5, 5.41) is 13.5. The lowest BCUT2D eigenvalue weighted by Gasteiger charge is -2.06. The average Bonchev–Trinajstić information content (AvgIpc) is 2.99. The van der Waals surface area contributed by atoms with Crippen molar-refractivity contribution >= 4 is 68.3 Å². The first kappa shape index (κ1) is 20.5. The molecule has 5 N–H and O–H groups in total. The van der Waals surface area contributed by atoms with Crippen molar-refractivity contribution in [3.05, 3.63) is 55.8 Å². The maximum absolute atomic E-state index is 12.1. The number of carbonyl (C=O) groups is 2. The number of hydrogen-bond donors (Lipinski definition) is 4. The van der Waals surface area contributed by atoms with E-state index in [9.17, 15) is 19.5 Å². The van der Waals surface area contributed by atoms with Crippen molar-refractivity contribution in [2.24, 2.45) is 5.73 Å². The first-order chi connectivity index (χ1) is 13.3. The van der Waals surface area contributed by atoms with Crippen LogP contribution in [0.4, 0.5) is 0 Å². The van der Waals surface area contributed by atoms with E-state index >= 15 is 0 Å². The van der Waals surface area contributed by atoms with E-state index in [1.54, 1.807) is 18.2 Å². The Balaban J connectivity index is 1.72. The Morgan fingerprint density at radius 1 is 1.25 bits per heavy atom. The molecule has 2 aromatic heterocycles. The summed E-state index contributed by atoms with van der Waals surface area (Å²) in [5.74, 6) is -1.27. The number of nitrogens with one attached hydrogen (secondary N) is 2. The molecule has 0 fully saturated rings. The SMILES string of the molecule is NC(=O)c1c(SCC(=O)NCc2ccc(Cl)c(Cl)c2)sc2c(O)cc(=O)[nH]c12. The fourth-order valence-corrected chi connectivity index (χ4v) is 5.02. The number of H-pyrrole nitrogens is 1. The van der Waals surface area contributed by atoms with Gasteiger partial charge in [0.05, 0.1) is 35.8 Å². The largest absolute Gasteiger partial charge is 0.506 e. The number of aromatic hydroxyl groups is 1. The van der Waals surface area contributed by atoms with E-state index in [4.69, 9.17) is 28.9 Å². The van der Waals surface area contributed by atoms with Gasteiger partial charge in [-0.05, 0) is 17.7 Å². The summed E-state index contributed by atoms with van der Waals surface area (Å²) in [4.78, 5) is 38.0. The second-order valence-corrected chi connectivity index (χ2v) is 8.74. The van der Waals surface area contributed by atoms with E-state index in [0.29, 0.717) is 19.0 Å². The summed E-state index contributed by atoms with van der Waals surface area (Å²) in [6, 6.07) is 6.07. The van der Waals surface area contributed by atoms with E-state index in [2.05, 4.69) is 10.3 Å². The van der Waals surface area contributed by atoms with Gasteiger partial charge in [0.15, 0.2) is 0 Å². The summed E-state index contributed by atoms with van der Waals surface area (Å²) in [6.45, 7) is 0.263. The molecule has 0 unspecified atom stereocenters. The summed E-state index contributed by atoms with van der Waals surface area (Å²) in [7, 11) is 0. The highest BCUT2D eigenvalue weighted by molar-refractivity contribution is 8.02. The minimum absolute atomic E-state index is 0.0133. The second-order valence-electron chi connectivity index (χ2n) is 5.67. The fourth-order valence-electron chi connectivity index (χ4n) is 2.42. The molecule has 0 aliphatic heterocycles. The van der Waals surface area contributed by atoms with Gasteiger partial charge in [0.1, 0.15) is 5.75 Å². The number of pyridine rings is 1. The van der Waals surface area contributed by atoms with Crippen LogP contribution in [0.15, 0.2) is 33.3 Å². The minimum atomic E-state index is -0.758. The van der Waals surface area contributed by atoms with Crippen LogP contribution in [0.3, 0.4) is 0 Å². The molecular formula is C17H13Cl2N3O4S2. The van der Waals surface area contributed by atoms with E-state index < -0.39 is 11.5 Å². The van der Waals surface area contributed by atoms with Gasteiger partial charge in [-0.1, -0.05) is 29.3 Å². The van der Waals surface area contributed by atoms with Crippen LogP contribution in [0.5, 0.6) is 5.75 Å². The van der Waals surface area contributed by atoms with Gasteiger partial charge in [0, 0.05) is 12.6 Å². The normalized spacial score (nSPS) is 10.9. The summed E-state index contributed by atoms with van der Waals surface area (Å²) in [5.41, 5.74) is 5.90. The predicted molar refractivity (Wildman–Crippen MR) is 112 cm³/mol. The molecule has 3 rings (SSSR count). The highest BCUT2D eigenvalue weighted by Gasteiger charge is 2.21. The average molecular weight is 458 g/mol. The van der Waals surface area contributed by atoms with Gasteiger partial charge in [0.2, 0.25) is 5.91 Å². The first-order valence-electron chi connectivity index (χ1n) is 7.78. The number of primary amides is 1. The summed E-state index contributed by atoms with van der Waals surface area (Å²) < 4.78 is 0.761. The third-order valence-corrected chi connectivity index (χ3v) is 6.90. The molecular weight excluding hydrogens is 445 g/mol. The molecule has 7 nitrogen and oxygen atoms in total. The second kappa shape index (κ2) is 8.44. The van der Waals surface area contributed by atoms with Crippen molar-refractivity contribution in [3.8, 4) is 5.75 Å².